The number of hydrogen-bond acceptors (Lipinski definition) is 3. The standard InChI is InChI=1S/C14H18BrNO4S/c1-10-3-4-11(15)7-12(10)21(19,20)16-9-14(5-2-6-14)8-13(17)18/h3-4,7,16H,2,5-6,8-9H2,1H3,(H,17,18). The van der Waals surface area contributed by atoms with E-state index in [1.165, 1.54) is 0 Å². The molecule has 1 aliphatic rings. The van der Waals surface area contributed by atoms with E-state index in [0.29, 0.717) is 10.0 Å². The number of hydrogen-bond donors (Lipinski definition) is 2. The Bertz CT molecular complexity index is 653. The topological polar surface area (TPSA) is 83.5 Å². The van der Waals surface area contributed by atoms with E-state index in [1.807, 2.05) is 0 Å². The first kappa shape index (κ1) is 16.5. The van der Waals surface area contributed by atoms with Crippen molar-refractivity contribution in [3.05, 3.63) is 28.2 Å². The lowest BCUT2D eigenvalue weighted by atomic mass is 9.67. The van der Waals surface area contributed by atoms with Crippen molar-refractivity contribution in [2.45, 2.75) is 37.5 Å². The molecule has 0 radical (unpaired) electrons. The van der Waals surface area contributed by atoms with Gasteiger partial charge in [-0.3, -0.25) is 4.79 Å². The summed E-state index contributed by atoms with van der Waals surface area (Å²) >= 11 is 3.27. The van der Waals surface area contributed by atoms with Gasteiger partial charge in [0.1, 0.15) is 0 Å². The number of benzene rings is 1. The highest BCUT2D eigenvalue weighted by Crippen LogP contribution is 2.43. The fourth-order valence-corrected chi connectivity index (χ4v) is 4.54. The molecule has 7 heteroatoms. The predicted octanol–water partition coefficient (Wildman–Crippen LogP) is 2.68. The number of aryl methyl sites for hydroxylation is 1. The molecule has 2 rings (SSSR count). The first-order valence-electron chi connectivity index (χ1n) is 6.72. The monoisotopic (exact) mass is 375 g/mol. The first-order valence-corrected chi connectivity index (χ1v) is 8.99. The Balaban J connectivity index is 2.14. The van der Waals surface area contributed by atoms with Gasteiger partial charge in [-0.25, -0.2) is 13.1 Å². The van der Waals surface area contributed by atoms with Gasteiger partial charge in [-0.2, -0.15) is 0 Å². The van der Waals surface area contributed by atoms with E-state index in [-0.39, 0.29) is 17.9 Å². The molecule has 0 saturated heterocycles. The number of halogens is 1. The van der Waals surface area contributed by atoms with Crippen molar-refractivity contribution in [1.82, 2.24) is 4.72 Å². The number of aliphatic carboxylic acids is 1. The van der Waals surface area contributed by atoms with Crippen molar-refractivity contribution in [1.29, 1.82) is 0 Å². The number of carboxylic acid groups (broad SMARTS) is 1. The van der Waals surface area contributed by atoms with Crippen LogP contribution in [0.5, 0.6) is 0 Å². The van der Waals surface area contributed by atoms with Crippen LogP contribution < -0.4 is 4.72 Å². The average Bonchev–Trinajstić information content (AvgIpc) is 2.35. The molecule has 0 spiro atoms. The summed E-state index contributed by atoms with van der Waals surface area (Å²) in [6, 6.07) is 5.07. The summed E-state index contributed by atoms with van der Waals surface area (Å²) in [7, 11) is -3.63. The highest BCUT2D eigenvalue weighted by molar-refractivity contribution is 9.10. The third-order valence-corrected chi connectivity index (χ3v) is 6.05. The van der Waals surface area contributed by atoms with Gasteiger partial charge in [-0.15, -0.1) is 0 Å². The summed E-state index contributed by atoms with van der Waals surface area (Å²) in [6.45, 7) is 1.91. The van der Waals surface area contributed by atoms with Crippen molar-refractivity contribution in [2.75, 3.05) is 6.54 Å². The van der Waals surface area contributed by atoms with Crippen LogP contribution in [-0.2, 0) is 14.8 Å². The van der Waals surface area contributed by atoms with Gasteiger partial charge >= 0.3 is 5.97 Å². The Morgan fingerprint density at radius 1 is 1.43 bits per heavy atom. The molecule has 5 nitrogen and oxygen atoms in total. The quantitative estimate of drug-likeness (QED) is 0.800. The summed E-state index contributed by atoms with van der Waals surface area (Å²) in [6.07, 6.45) is 2.45. The van der Waals surface area contributed by atoms with E-state index in [1.54, 1.807) is 25.1 Å². The maximum atomic E-state index is 12.4. The third kappa shape index (κ3) is 3.84. The van der Waals surface area contributed by atoms with Gasteiger partial charge < -0.3 is 5.11 Å². The van der Waals surface area contributed by atoms with Crippen LogP contribution in [0.1, 0.15) is 31.2 Å². The van der Waals surface area contributed by atoms with Crippen LogP contribution in [0.4, 0.5) is 0 Å². The molecular formula is C14H18BrNO4S. The van der Waals surface area contributed by atoms with Crippen LogP contribution >= 0.6 is 15.9 Å². The molecule has 0 amide bonds. The van der Waals surface area contributed by atoms with Crippen molar-refractivity contribution >= 4 is 31.9 Å². The SMILES string of the molecule is Cc1ccc(Br)cc1S(=O)(=O)NCC1(CC(=O)O)CCC1. The molecule has 21 heavy (non-hydrogen) atoms. The van der Waals surface area contributed by atoms with Crippen LogP contribution in [0.2, 0.25) is 0 Å². The molecule has 0 bridgehead atoms. The summed E-state index contributed by atoms with van der Waals surface area (Å²) in [5.41, 5.74) is 0.227. The zero-order valence-corrected chi connectivity index (χ0v) is 14.1. The Hall–Kier alpha value is -0.920. The number of carbonyl (C=O) groups is 1. The molecule has 0 aromatic heterocycles. The molecule has 1 saturated carbocycles. The molecule has 1 aromatic rings. The lowest BCUT2D eigenvalue weighted by molar-refractivity contribution is -0.141. The zero-order chi connectivity index (χ0) is 15.7. The van der Waals surface area contributed by atoms with Gasteiger partial charge in [0.05, 0.1) is 11.3 Å². The van der Waals surface area contributed by atoms with Crippen molar-refractivity contribution in [2.24, 2.45) is 5.41 Å². The Morgan fingerprint density at radius 3 is 2.62 bits per heavy atom. The minimum Gasteiger partial charge on any atom is -0.481 e. The highest BCUT2D eigenvalue weighted by Gasteiger charge is 2.39. The maximum Gasteiger partial charge on any atom is 0.303 e. The molecule has 1 fully saturated rings. The Labute approximate surface area is 132 Å². The normalized spacial score (nSPS) is 17.2. The number of sulfonamides is 1. The molecule has 0 aliphatic heterocycles. The Kier molecular flexibility index (Phi) is 4.75. The van der Waals surface area contributed by atoms with Gasteiger partial charge in [0.15, 0.2) is 0 Å². The smallest absolute Gasteiger partial charge is 0.303 e. The molecule has 2 N–H and O–H groups in total. The molecule has 0 heterocycles. The van der Waals surface area contributed by atoms with Gasteiger partial charge in [0.25, 0.3) is 0 Å². The molecule has 0 atom stereocenters. The maximum absolute atomic E-state index is 12.4. The summed E-state index contributed by atoms with van der Waals surface area (Å²) in [5, 5.41) is 8.96. The summed E-state index contributed by atoms with van der Waals surface area (Å²) < 4.78 is 28.1. The predicted molar refractivity (Wildman–Crippen MR) is 82.6 cm³/mol. The summed E-state index contributed by atoms with van der Waals surface area (Å²) in [4.78, 5) is 11.1. The van der Waals surface area contributed by atoms with Crippen molar-refractivity contribution in [3.8, 4) is 0 Å². The minimum absolute atomic E-state index is 0.00693. The van der Waals surface area contributed by atoms with Gasteiger partial charge in [0.2, 0.25) is 10.0 Å². The zero-order valence-electron chi connectivity index (χ0n) is 11.7. The van der Waals surface area contributed by atoms with E-state index < -0.39 is 21.4 Å². The Morgan fingerprint density at radius 2 is 2.10 bits per heavy atom. The van der Waals surface area contributed by atoms with E-state index in [2.05, 4.69) is 20.7 Å². The lowest BCUT2D eigenvalue weighted by Crippen LogP contribution is -2.43. The van der Waals surface area contributed by atoms with E-state index in [0.717, 1.165) is 19.3 Å². The highest BCUT2D eigenvalue weighted by atomic mass is 79.9. The lowest BCUT2D eigenvalue weighted by Gasteiger charge is -2.40. The molecule has 1 aromatic carbocycles. The van der Waals surface area contributed by atoms with E-state index in [9.17, 15) is 13.2 Å². The van der Waals surface area contributed by atoms with Crippen LogP contribution in [-0.4, -0.2) is 26.0 Å². The third-order valence-electron chi connectivity index (χ3n) is 4.02. The first-order chi connectivity index (χ1) is 9.74. The summed E-state index contributed by atoms with van der Waals surface area (Å²) in [5.74, 6) is -0.882. The fourth-order valence-electron chi connectivity index (χ4n) is 2.60. The second-order valence-corrected chi connectivity index (χ2v) is 8.31. The minimum atomic E-state index is -3.63. The fraction of sp³-hybridized carbons (Fsp3) is 0.500. The van der Waals surface area contributed by atoms with E-state index in [4.69, 9.17) is 5.11 Å². The molecule has 1 aliphatic carbocycles. The van der Waals surface area contributed by atoms with Crippen LogP contribution in [0.3, 0.4) is 0 Å². The van der Waals surface area contributed by atoms with Crippen molar-refractivity contribution in [3.63, 3.8) is 0 Å². The van der Waals surface area contributed by atoms with Gasteiger partial charge in [0, 0.05) is 11.0 Å². The van der Waals surface area contributed by atoms with Gasteiger partial charge in [-0.1, -0.05) is 28.4 Å². The molecule has 0 unspecified atom stereocenters. The largest absolute Gasteiger partial charge is 0.481 e. The van der Waals surface area contributed by atoms with Crippen LogP contribution in [0, 0.1) is 12.3 Å². The second-order valence-electron chi connectivity index (χ2n) is 5.66. The molecule has 116 valence electrons. The molecular weight excluding hydrogens is 358 g/mol. The van der Waals surface area contributed by atoms with Gasteiger partial charge in [-0.05, 0) is 42.9 Å². The number of rotatable bonds is 6. The average molecular weight is 376 g/mol. The van der Waals surface area contributed by atoms with Crippen LogP contribution in [0.25, 0.3) is 0 Å². The van der Waals surface area contributed by atoms with Crippen molar-refractivity contribution < 1.29 is 18.3 Å². The second kappa shape index (κ2) is 6.06. The van der Waals surface area contributed by atoms with E-state index >= 15 is 0 Å². The number of carboxylic acids is 1. The number of nitrogens with one attached hydrogen (secondary N) is 1. The van der Waals surface area contributed by atoms with Crippen LogP contribution in [0.15, 0.2) is 27.6 Å².